The standard InChI is InChI=1S/C28H32N2O5S/c1-28(2)24-21-23(36-35-34-33)17-18-25(24)30(20-12-6-10-16-27(31)32)26(28)15-9-3-4-11-19-29-22-13-7-5-8-14-22/h3-5,7-9,13-15,17-19,21H,6,10-12,16,20H2,1-2H3,(H-,31,32,33)/p+1/b4-3+,15-9+,29-19?. The number of para-hydroxylation sites is 1. The third-order valence-corrected chi connectivity index (χ3v) is 6.61. The fourth-order valence-corrected chi connectivity index (χ4v) is 4.66. The zero-order valence-electron chi connectivity index (χ0n) is 20.7. The van der Waals surface area contributed by atoms with Gasteiger partial charge in [-0.15, -0.1) is 4.33 Å². The van der Waals surface area contributed by atoms with E-state index in [1.54, 1.807) is 0 Å². The summed E-state index contributed by atoms with van der Waals surface area (Å²) in [4.78, 5) is 16.1. The van der Waals surface area contributed by atoms with E-state index < -0.39 is 5.97 Å². The quantitative estimate of drug-likeness (QED) is 0.0540. The summed E-state index contributed by atoms with van der Waals surface area (Å²) in [6.45, 7) is 5.17. The molecule has 1 heterocycles. The van der Waals surface area contributed by atoms with Gasteiger partial charge < -0.3 is 5.11 Å². The van der Waals surface area contributed by atoms with Gasteiger partial charge in [0, 0.05) is 48.1 Å². The van der Waals surface area contributed by atoms with Crippen molar-refractivity contribution < 1.29 is 29.1 Å². The maximum atomic E-state index is 10.8. The number of aliphatic carboxylic acids is 1. The van der Waals surface area contributed by atoms with Crippen molar-refractivity contribution in [3.8, 4) is 0 Å². The lowest BCUT2D eigenvalue weighted by Crippen LogP contribution is -2.28. The monoisotopic (exact) mass is 509 g/mol. The third-order valence-electron chi connectivity index (χ3n) is 6.04. The fourth-order valence-electron chi connectivity index (χ4n) is 4.26. The number of carbonyl (C=O) groups is 1. The summed E-state index contributed by atoms with van der Waals surface area (Å²) in [5.74, 6) is -0.752. The number of hydrogen-bond acceptors (Lipinski definition) is 6. The molecule has 1 aliphatic heterocycles. The van der Waals surface area contributed by atoms with Crippen LogP contribution in [0.4, 0.5) is 11.4 Å². The average Bonchev–Trinajstić information content (AvgIpc) is 3.08. The number of carboxylic acids is 1. The van der Waals surface area contributed by atoms with Crippen LogP contribution in [-0.4, -0.2) is 39.4 Å². The molecule has 8 heteroatoms. The lowest BCUT2D eigenvalue weighted by Gasteiger charge is -2.15. The first-order valence-corrected chi connectivity index (χ1v) is 12.7. The van der Waals surface area contributed by atoms with Gasteiger partial charge in [-0.2, -0.15) is 4.58 Å². The highest BCUT2D eigenvalue weighted by atomic mass is 32.2. The molecule has 0 radical (unpaired) electrons. The minimum Gasteiger partial charge on any atom is -0.481 e. The molecular weight excluding hydrogens is 476 g/mol. The number of rotatable bonds is 14. The van der Waals surface area contributed by atoms with Crippen LogP contribution < -0.4 is 0 Å². The van der Waals surface area contributed by atoms with Gasteiger partial charge in [-0.05, 0) is 51.0 Å². The van der Waals surface area contributed by atoms with Crippen LogP contribution in [0.5, 0.6) is 0 Å². The summed E-state index contributed by atoms with van der Waals surface area (Å²) in [6, 6.07) is 15.9. The van der Waals surface area contributed by atoms with Crippen LogP contribution in [-0.2, 0) is 19.6 Å². The van der Waals surface area contributed by atoms with Gasteiger partial charge in [0.1, 0.15) is 6.54 Å². The molecule has 36 heavy (non-hydrogen) atoms. The van der Waals surface area contributed by atoms with E-state index in [4.69, 9.17) is 10.4 Å². The first kappa shape index (κ1) is 27.5. The van der Waals surface area contributed by atoms with Crippen LogP contribution in [0.1, 0.15) is 51.5 Å². The topological polar surface area (TPSA) is 91.4 Å². The van der Waals surface area contributed by atoms with Gasteiger partial charge in [0.25, 0.3) is 0 Å². The minimum atomic E-state index is -0.752. The Kier molecular flexibility index (Phi) is 10.6. The molecule has 1 aliphatic rings. The summed E-state index contributed by atoms with van der Waals surface area (Å²) in [5, 5.41) is 21.2. The highest BCUT2D eigenvalue weighted by molar-refractivity contribution is 7.94. The largest absolute Gasteiger partial charge is 0.481 e. The Morgan fingerprint density at radius 1 is 1.11 bits per heavy atom. The Labute approximate surface area is 216 Å². The van der Waals surface area contributed by atoms with E-state index in [1.807, 2.05) is 60.8 Å². The smallest absolute Gasteiger partial charge is 0.303 e. The van der Waals surface area contributed by atoms with Crippen LogP contribution in [0.3, 0.4) is 0 Å². The van der Waals surface area contributed by atoms with Gasteiger partial charge in [-0.3, -0.25) is 9.79 Å². The maximum Gasteiger partial charge on any atom is 0.303 e. The lowest BCUT2D eigenvalue weighted by atomic mass is 9.81. The molecule has 0 bridgehead atoms. The van der Waals surface area contributed by atoms with E-state index in [9.17, 15) is 4.79 Å². The Bertz CT molecular complexity index is 1140. The third kappa shape index (κ3) is 7.73. The molecule has 0 aliphatic carbocycles. The molecule has 0 spiro atoms. The van der Waals surface area contributed by atoms with Crippen LogP contribution in [0, 0.1) is 0 Å². The van der Waals surface area contributed by atoms with Crippen molar-refractivity contribution in [1.82, 2.24) is 0 Å². The summed E-state index contributed by atoms with van der Waals surface area (Å²) < 4.78 is 6.94. The molecule has 2 aromatic carbocycles. The van der Waals surface area contributed by atoms with Gasteiger partial charge in [0.2, 0.25) is 5.69 Å². The van der Waals surface area contributed by atoms with Gasteiger partial charge in [0.05, 0.1) is 23.1 Å². The number of fused-ring (bicyclic) bond motifs is 1. The first-order chi connectivity index (χ1) is 17.4. The second-order valence-corrected chi connectivity index (χ2v) is 9.72. The van der Waals surface area contributed by atoms with Crippen molar-refractivity contribution in [3.05, 3.63) is 78.4 Å². The second-order valence-electron chi connectivity index (χ2n) is 8.94. The number of nitrogens with zero attached hydrogens (tertiary/aromatic N) is 2. The fraction of sp³-hybridized carbons (Fsp3) is 0.321. The molecular formula is C28H33N2O5S+. The van der Waals surface area contributed by atoms with E-state index in [0.29, 0.717) is 6.42 Å². The Morgan fingerprint density at radius 2 is 1.92 bits per heavy atom. The molecule has 0 fully saturated rings. The van der Waals surface area contributed by atoms with Crippen LogP contribution in [0.25, 0.3) is 0 Å². The normalized spacial score (nSPS) is 15.0. The van der Waals surface area contributed by atoms with Gasteiger partial charge in [0.15, 0.2) is 5.71 Å². The van der Waals surface area contributed by atoms with Crippen molar-refractivity contribution in [2.75, 3.05) is 6.54 Å². The van der Waals surface area contributed by atoms with Crippen LogP contribution >= 0.6 is 12.0 Å². The molecule has 0 atom stereocenters. The van der Waals surface area contributed by atoms with Gasteiger partial charge in [-0.1, -0.05) is 41.5 Å². The molecule has 2 aromatic rings. The maximum absolute atomic E-state index is 10.8. The van der Waals surface area contributed by atoms with Crippen LogP contribution in [0.15, 0.2) is 82.7 Å². The molecule has 0 amide bonds. The summed E-state index contributed by atoms with van der Waals surface area (Å²) >= 11 is 0.947. The second kappa shape index (κ2) is 13.9. The molecule has 0 saturated carbocycles. The molecule has 0 saturated heterocycles. The molecule has 190 valence electrons. The predicted molar refractivity (Wildman–Crippen MR) is 144 cm³/mol. The number of allylic oxidation sites excluding steroid dienone is 4. The van der Waals surface area contributed by atoms with Crippen molar-refractivity contribution >= 4 is 41.3 Å². The summed E-state index contributed by atoms with van der Waals surface area (Å²) in [6.07, 6.45) is 13.5. The SMILES string of the molecule is CC1(C)C(/C=C/C=C/CC=Nc2ccccc2)=[N+](CCCCCC(=O)O)c2ccc(SOOO)cc21. The van der Waals surface area contributed by atoms with E-state index in [-0.39, 0.29) is 11.8 Å². The number of aliphatic imine (C=N–C) groups is 1. The van der Waals surface area contributed by atoms with Crippen LogP contribution in [0.2, 0.25) is 0 Å². The molecule has 7 nitrogen and oxygen atoms in total. The van der Waals surface area contributed by atoms with E-state index >= 15 is 0 Å². The van der Waals surface area contributed by atoms with Crippen molar-refractivity contribution in [3.63, 3.8) is 0 Å². The number of carboxylic acid groups (broad SMARTS) is 1. The Balaban J connectivity index is 1.74. The Hall–Kier alpha value is -3.04. The average molecular weight is 510 g/mol. The van der Waals surface area contributed by atoms with E-state index in [0.717, 1.165) is 59.7 Å². The van der Waals surface area contributed by atoms with Crippen molar-refractivity contribution in [1.29, 1.82) is 0 Å². The number of benzene rings is 2. The van der Waals surface area contributed by atoms with E-state index in [2.05, 4.69) is 51.0 Å². The van der Waals surface area contributed by atoms with Crippen molar-refractivity contribution in [2.45, 2.75) is 56.3 Å². The zero-order chi connectivity index (χ0) is 25.8. The highest BCUT2D eigenvalue weighted by Gasteiger charge is 2.44. The molecule has 3 rings (SSSR count). The highest BCUT2D eigenvalue weighted by Crippen LogP contribution is 2.42. The summed E-state index contributed by atoms with van der Waals surface area (Å²) in [5.41, 5.74) is 4.12. The van der Waals surface area contributed by atoms with E-state index in [1.165, 1.54) is 5.71 Å². The van der Waals surface area contributed by atoms with Gasteiger partial charge in [-0.25, -0.2) is 5.26 Å². The summed E-state index contributed by atoms with van der Waals surface area (Å²) in [7, 11) is 0. The zero-order valence-corrected chi connectivity index (χ0v) is 21.5. The lowest BCUT2D eigenvalue weighted by molar-refractivity contribution is -0.438. The van der Waals surface area contributed by atoms with Crippen molar-refractivity contribution in [2.24, 2.45) is 4.99 Å². The number of hydrogen-bond donors (Lipinski definition) is 2. The predicted octanol–water partition coefficient (Wildman–Crippen LogP) is 7.04. The number of unbranched alkanes of at least 4 members (excludes halogenated alkanes) is 2. The Morgan fingerprint density at radius 3 is 2.67 bits per heavy atom. The minimum absolute atomic E-state index is 0.199. The van der Waals surface area contributed by atoms with Gasteiger partial charge >= 0.3 is 5.97 Å². The molecule has 2 N–H and O–H groups in total. The first-order valence-electron chi connectivity index (χ1n) is 12.0. The molecule has 0 aromatic heterocycles. The molecule has 0 unspecified atom stereocenters.